The molecule has 2 saturated heterocycles. The van der Waals surface area contributed by atoms with E-state index in [0.29, 0.717) is 0 Å². The molecular formula is C30H56BF4P2Rh-. The van der Waals surface area contributed by atoms with Crippen LogP contribution in [-0.4, -0.2) is 42.2 Å². The molecule has 0 N–H and O–H groups in total. The summed E-state index contributed by atoms with van der Waals surface area (Å²) in [6.07, 6.45) is 23.4. The summed E-state index contributed by atoms with van der Waals surface area (Å²) in [5.41, 5.74) is 4.28. The Morgan fingerprint density at radius 3 is 0.868 bits per heavy atom. The zero-order valence-electron chi connectivity index (χ0n) is 25.3. The first-order chi connectivity index (χ1) is 17.2. The second kappa shape index (κ2) is 19.8. The Balaban J connectivity index is 0.000000804. The summed E-state index contributed by atoms with van der Waals surface area (Å²) in [5, 5.41) is 0. The van der Waals surface area contributed by atoms with Gasteiger partial charge in [-0.25, -0.2) is 0 Å². The second-order valence-electron chi connectivity index (χ2n) is 12.5. The van der Waals surface area contributed by atoms with Crippen molar-refractivity contribution in [1.29, 1.82) is 0 Å². The van der Waals surface area contributed by atoms with E-state index in [0.717, 1.165) is 46.3 Å². The van der Waals surface area contributed by atoms with Gasteiger partial charge in [0.15, 0.2) is 0 Å². The van der Waals surface area contributed by atoms with Crippen molar-refractivity contribution in [3.63, 3.8) is 0 Å². The molecule has 0 unspecified atom stereocenters. The van der Waals surface area contributed by atoms with Gasteiger partial charge in [-0.3, -0.25) is 0 Å². The van der Waals surface area contributed by atoms with Crippen LogP contribution in [-0.2, 0) is 19.5 Å². The predicted molar refractivity (Wildman–Crippen MR) is 163 cm³/mol. The Morgan fingerprint density at radius 2 is 0.711 bits per heavy atom. The fraction of sp³-hybridized carbons (Fsp3) is 0.867. The van der Waals surface area contributed by atoms with Crippen LogP contribution in [0.15, 0.2) is 24.3 Å². The average Bonchev–Trinajstić information content (AvgIpc) is 3.35. The van der Waals surface area contributed by atoms with Crippen LogP contribution in [0.1, 0.15) is 107 Å². The molecule has 0 aromatic rings. The molecular weight excluding hydrogens is 612 g/mol. The number of rotatable bonds is 7. The molecule has 0 spiro atoms. The molecule has 3 rings (SSSR count). The van der Waals surface area contributed by atoms with Crippen LogP contribution in [0.2, 0.25) is 0 Å². The fourth-order valence-corrected chi connectivity index (χ4v) is 15.6. The first kappa shape index (κ1) is 38.7. The monoisotopic (exact) mass is 668 g/mol. The molecule has 38 heavy (non-hydrogen) atoms. The van der Waals surface area contributed by atoms with E-state index in [9.17, 15) is 17.3 Å². The molecule has 1 radical (unpaired) electrons. The van der Waals surface area contributed by atoms with Crippen LogP contribution in [0, 0.1) is 23.7 Å². The summed E-state index contributed by atoms with van der Waals surface area (Å²) in [7, 11) is -5.45. The average molecular weight is 668 g/mol. The van der Waals surface area contributed by atoms with Gasteiger partial charge in [0.25, 0.3) is 0 Å². The Kier molecular flexibility index (Phi) is 20.2. The molecule has 4 atom stereocenters. The SMILES string of the molecule is C1=C\CC/C=C\CC/1.CC(C)[C@H]1CC[C@H](C(C)C)P1CCP1[C@@H](C(C)C)CC[C@@H]1C(C)C.F[B-](F)(F)F.[Rh]. The number of halogens is 4. The predicted octanol–water partition coefficient (Wildman–Crippen LogP) is 11.6. The molecule has 3 aliphatic rings. The van der Waals surface area contributed by atoms with E-state index >= 15 is 0 Å². The van der Waals surface area contributed by atoms with Gasteiger partial charge in [-0.1, -0.05) is 95.5 Å². The van der Waals surface area contributed by atoms with Crippen molar-refractivity contribution in [2.24, 2.45) is 23.7 Å². The van der Waals surface area contributed by atoms with E-state index in [1.165, 1.54) is 51.4 Å². The minimum absolute atomic E-state index is 0. The second-order valence-corrected chi connectivity index (χ2v) is 18.1. The standard InChI is InChI=1S/C22H44P2.C8H12.BF4.Rh/c1-15(2)19-9-10-20(16(3)4)23(19)13-14-24-21(17(5)6)11-12-22(24)18(7)8;1-2-4-6-8-7-5-3-1;2-1(3,4)5;/h15-22H,9-14H2,1-8H3;1-2,7-8H,3-6H2;;/q;;-1;/b;2-1-,8-7-;;/t19-,20-,21-,22-;;;/m1.../s1. The molecule has 0 bridgehead atoms. The normalized spacial score (nSPS) is 28.3. The summed E-state index contributed by atoms with van der Waals surface area (Å²) in [4.78, 5) is 0. The Labute approximate surface area is 248 Å². The minimum atomic E-state index is -6.00. The van der Waals surface area contributed by atoms with Crippen molar-refractivity contribution < 1.29 is 36.7 Å². The van der Waals surface area contributed by atoms with E-state index in [2.05, 4.69) is 79.7 Å². The van der Waals surface area contributed by atoms with Crippen LogP contribution in [0.4, 0.5) is 17.3 Å². The smallest absolute Gasteiger partial charge is 0.418 e. The van der Waals surface area contributed by atoms with Crippen molar-refractivity contribution in [3.8, 4) is 0 Å². The maximum Gasteiger partial charge on any atom is 0.673 e. The fourth-order valence-electron chi connectivity index (χ4n) is 6.45. The summed E-state index contributed by atoms with van der Waals surface area (Å²) in [6.45, 7) is 20.0. The van der Waals surface area contributed by atoms with Crippen molar-refractivity contribution in [3.05, 3.63) is 24.3 Å². The van der Waals surface area contributed by atoms with Gasteiger partial charge in [0.2, 0.25) is 0 Å². The molecule has 0 amide bonds. The molecule has 8 heteroatoms. The maximum absolute atomic E-state index is 9.75. The molecule has 2 aliphatic heterocycles. The molecule has 0 saturated carbocycles. The third-order valence-electron chi connectivity index (χ3n) is 8.25. The molecule has 227 valence electrons. The van der Waals surface area contributed by atoms with Gasteiger partial charge in [0.05, 0.1) is 0 Å². The first-order valence-electron chi connectivity index (χ1n) is 14.9. The summed E-state index contributed by atoms with van der Waals surface area (Å²) in [5.74, 6) is 3.66. The minimum Gasteiger partial charge on any atom is -0.418 e. The van der Waals surface area contributed by atoms with Crippen LogP contribution in [0.5, 0.6) is 0 Å². The largest absolute Gasteiger partial charge is 0.673 e. The van der Waals surface area contributed by atoms with E-state index in [1.807, 2.05) is 0 Å². The summed E-state index contributed by atoms with van der Waals surface area (Å²) >= 11 is 0. The molecule has 2 fully saturated rings. The Morgan fingerprint density at radius 1 is 0.526 bits per heavy atom. The van der Waals surface area contributed by atoms with Gasteiger partial charge < -0.3 is 17.3 Å². The van der Waals surface area contributed by atoms with Gasteiger partial charge in [-0.05, 0) is 110 Å². The summed E-state index contributed by atoms with van der Waals surface area (Å²) < 4.78 is 39.0. The van der Waals surface area contributed by atoms with Crippen LogP contribution >= 0.6 is 15.8 Å². The summed E-state index contributed by atoms with van der Waals surface area (Å²) in [6, 6.07) is 0. The van der Waals surface area contributed by atoms with Crippen molar-refractivity contribution in [2.45, 2.75) is 129 Å². The zero-order chi connectivity index (χ0) is 28.2. The third-order valence-corrected chi connectivity index (χ3v) is 16.9. The topological polar surface area (TPSA) is 0 Å². The molecule has 0 aromatic carbocycles. The zero-order valence-corrected chi connectivity index (χ0v) is 28.7. The third kappa shape index (κ3) is 15.1. The van der Waals surface area contributed by atoms with E-state index in [4.69, 9.17) is 0 Å². The van der Waals surface area contributed by atoms with Gasteiger partial charge in [0, 0.05) is 19.5 Å². The quantitative estimate of drug-likeness (QED) is 0.110. The van der Waals surface area contributed by atoms with E-state index in [1.54, 1.807) is 12.3 Å². The molecule has 0 aromatic heterocycles. The molecule has 1 aliphatic carbocycles. The van der Waals surface area contributed by atoms with Crippen molar-refractivity contribution in [1.82, 2.24) is 0 Å². The van der Waals surface area contributed by atoms with Crippen molar-refractivity contribution >= 4 is 23.1 Å². The van der Waals surface area contributed by atoms with E-state index in [-0.39, 0.29) is 35.3 Å². The first-order valence-corrected chi connectivity index (χ1v) is 18.3. The van der Waals surface area contributed by atoms with Gasteiger partial charge >= 0.3 is 7.25 Å². The molecule has 2 heterocycles. The van der Waals surface area contributed by atoms with Gasteiger partial charge in [-0.2, -0.15) is 0 Å². The van der Waals surface area contributed by atoms with Gasteiger partial charge in [-0.15, -0.1) is 0 Å². The van der Waals surface area contributed by atoms with Crippen LogP contribution < -0.4 is 0 Å². The van der Waals surface area contributed by atoms with Gasteiger partial charge in [0.1, 0.15) is 0 Å². The van der Waals surface area contributed by atoms with Crippen LogP contribution in [0.25, 0.3) is 0 Å². The van der Waals surface area contributed by atoms with E-state index < -0.39 is 7.25 Å². The number of allylic oxidation sites excluding steroid dienone is 4. The van der Waals surface area contributed by atoms with Crippen LogP contribution in [0.3, 0.4) is 0 Å². The Hall–Kier alpha value is 0.748. The number of hydrogen-bond donors (Lipinski definition) is 0. The van der Waals surface area contributed by atoms with Crippen molar-refractivity contribution in [2.75, 3.05) is 12.3 Å². The maximum atomic E-state index is 9.75. The Bertz CT molecular complexity index is 567. The molecule has 0 nitrogen and oxygen atoms in total. The number of hydrogen-bond acceptors (Lipinski definition) is 0.